The smallest absolute Gasteiger partial charge is 0.264 e. The molecule has 1 atom stereocenters. The lowest BCUT2D eigenvalue weighted by Gasteiger charge is -2.34. The summed E-state index contributed by atoms with van der Waals surface area (Å²) in [5.41, 5.74) is 2.77. The van der Waals surface area contributed by atoms with Gasteiger partial charge < -0.3 is 15.0 Å². The fraction of sp³-hybridized carbons (Fsp3) is 0.297. The number of hydrogen-bond acceptors (Lipinski definition) is 5. The molecule has 0 saturated heterocycles. The molecular weight excluding hydrogens is 598 g/mol. The number of aryl methyl sites for hydroxylation is 1. The van der Waals surface area contributed by atoms with Gasteiger partial charge in [0.1, 0.15) is 18.3 Å². The highest BCUT2D eigenvalue weighted by Crippen LogP contribution is 2.34. The van der Waals surface area contributed by atoms with Crippen molar-refractivity contribution in [1.82, 2.24) is 10.2 Å². The maximum absolute atomic E-state index is 14.7. The summed E-state index contributed by atoms with van der Waals surface area (Å²) in [6.45, 7) is 1.44. The van der Waals surface area contributed by atoms with Crippen LogP contribution in [0.4, 0.5) is 5.69 Å². The Kier molecular flexibility index (Phi) is 10.8. The van der Waals surface area contributed by atoms with Crippen molar-refractivity contribution in [2.45, 2.75) is 62.6 Å². The largest absolute Gasteiger partial charge is 0.495 e. The van der Waals surface area contributed by atoms with E-state index in [1.54, 1.807) is 30.3 Å². The molecule has 0 aliphatic heterocycles. The zero-order valence-corrected chi connectivity index (χ0v) is 27.2. The van der Waals surface area contributed by atoms with Crippen molar-refractivity contribution in [2.24, 2.45) is 0 Å². The van der Waals surface area contributed by atoms with Gasteiger partial charge in [0.2, 0.25) is 11.8 Å². The van der Waals surface area contributed by atoms with Gasteiger partial charge in [-0.25, -0.2) is 8.42 Å². The average Bonchev–Trinajstić information content (AvgIpc) is 3.59. The normalized spacial score (nSPS) is 14.0. The third kappa shape index (κ3) is 7.95. The minimum Gasteiger partial charge on any atom is -0.495 e. The lowest BCUT2D eigenvalue weighted by molar-refractivity contribution is -0.140. The maximum Gasteiger partial charge on any atom is 0.264 e. The summed E-state index contributed by atoms with van der Waals surface area (Å²) in [4.78, 5) is 30.3. The summed E-state index contributed by atoms with van der Waals surface area (Å²) in [5, 5.41) is 3.20. The van der Waals surface area contributed by atoms with Crippen molar-refractivity contribution in [3.05, 3.63) is 126 Å². The van der Waals surface area contributed by atoms with Crippen LogP contribution < -0.4 is 14.4 Å². The Morgan fingerprint density at radius 2 is 1.43 bits per heavy atom. The molecule has 5 rings (SSSR count). The summed E-state index contributed by atoms with van der Waals surface area (Å²) in [7, 11) is -2.76. The molecule has 0 heterocycles. The van der Waals surface area contributed by atoms with E-state index in [1.165, 1.54) is 24.1 Å². The van der Waals surface area contributed by atoms with Gasteiger partial charge in [0.25, 0.3) is 10.0 Å². The first-order valence-corrected chi connectivity index (χ1v) is 17.1. The molecule has 240 valence electrons. The van der Waals surface area contributed by atoms with Crippen LogP contribution in [0.2, 0.25) is 0 Å². The van der Waals surface area contributed by atoms with Crippen molar-refractivity contribution in [1.29, 1.82) is 0 Å². The number of carbonyl (C=O) groups is 2. The average molecular weight is 640 g/mol. The lowest BCUT2D eigenvalue weighted by atomic mass is 10.0. The van der Waals surface area contributed by atoms with Crippen LogP contribution in [0.25, 0.3) is 0 Å². The molecule has 4 aromatic carbocycles. The van der Waals surface area contributed by atoms with Crippen LogP contribution in [-0.4, -0.2) is 50.9 Å². The Balaban J connectivity index is 1.59. The van der Waals surface area contributed by atoms with Crippen LogP contribution in [0.1, 0.15) is 42.4 Å². The van der Waals surface area contributed by atoms with Crippen molar-refractivity contribution in [3.8, 4) is 5.75 Å². The number of anilines is 1. The highest BCUT2D eigenvalue weighted by atomic mass is 32.2. The van der Waals surface area contributed by atoms with E-state index in [1.807, 2.05) is 73.7 Å². The van der Waals surface area contributed by atoms with Crippen LogP contribution in [0.15, 0.2) is 114 Å². The van der Waals surface area contributed by atoms with Crippen molar-refractivity contribution in [3.63, 3.8) is 0 Å². The predicted molar refractivity (Wildman–Crippen MR) is 180 cm³/mol. The van der Waals surface area contributed by atoms with Crippen molar-refractivity contribution >= 4 is 27.5 Å². The number of sulfonamides is 1. The first-order chi connectivity index (χ1) is 22.3. The Hall–Kier alpha value is -4.63. The Labute approximate surface area is 272 Å². The molecule has 2 amide bonds. The van der Waals surface area contributed by atoms with Gasteiger partial charge in [-0.1, -0.05) is 97.8 Å². The maximum atomic E-state index is 14.7. The van der Waals surface area contributed by atoms with Gasteiger partial charge in [-0.2, -0.15) is 0 Å². The molecule has 1 aliphatic carbocycles. The first kappa shape index (κ1) is 32.8. The number of amides is 2. The van der Waals surface area contributed by atoms with Gasteiger partial charge in [-0.05, 0) is 60.7 Å². The number of nitrogens with one attached hydrogen (secondary N) is 1. The minimum absolute atomic E-state index is 0.0424. The number of ether oxygens (including phenoxy) is 1. The molecule has 1 fully saturated rings. The molecule has 1 N–H and O–H groups in total. The van der Waals surface area contributed by atoms with Crippen molar-refractivity contribution in [2.75, 3.05) is 18.0 Å². The summed E-state index contributed by atoms with van der Waals surface area (Å²) in [6.07, 6.45) is 4.16. The monoisotopic (exact) mass is 639 g/mol. The van der Waals surface area contributed by atoms with E-state index in [0.29, 0.717) is 5.75 Å². The molecule has 0 aromatic heterocycles. The van der Waals surface area contributed by atoms with E-state index in [9.17, 15) is 18.0 Å². The van der Waals surface area contributed by atoms with E-state index in [2.05, 4.69) is 5.32 Å². The third-order valence-electron chi connectivity index (χ3n) is 8.38. The number of rotatable bonds is 13. The second-order valence-corrected chi connectivity index (χ2v) is 13.6. The molecule has 4 aromatic rings. The molecule has 0 radical (unpaired) electrons. The van der Waals surface area contributed by atoms with Crippen LogP contribution >= 0.6 is 0 Å². The van der Waals surface area contributed by atoms with Crippen LogP contribution in [0.5, 0.6) is 5.75 Å². The van der Waals surface area contributed by atoms with Crippen LogP contribution in [-0.2, 0) is 32.6 Å². The lowest BCUT2D eigenvalue weighted by Crippen LogP contribution is -2.54. The molecule has 46 heavy (non-hydrogen) atoms. The summed E-state index contributed by atoms with van der Waals surface area (Å²) in [5.74, 6) is -0.438. The van der Waals surface area contributed by atoms with Crippen LogP contribution in [0, 0.1) is 6.92 Å². The van der Waals surface area contributed by atoms with E-state index in [4.69, 9.17) is 4.74 Å². The molecular formula is C37H41N3O5S. The summed E-state index contributed by atoms with van der Waals surface area (Å²) < 4.78 is 35.2. The molecule has 1 aliphatic rings. The zero-order chi connectivity index (χ0) is 32.5. The summed E-state index contributed by atoms with van der Waals surface area (Å²) >= 11 is 0. The van der Waals surface area contributed by atoms with Gasteiger partial charge in [-0.15, -0.1) is 0 Å². The number of benzene rings is 4. The zero-order valence-electron chi connectivity index (χ0n) is 26.3. The van der Waals surface area contributed by atoms with E-state index < -0.39 is 28.5 Å². The number of carbonyl (C=O) groups excluding carboxylic acids is 2. The quantitative estimate of drug-likeness (QED) is 0.197. The number of hydrogen-bond donors (Lipinski definition) is 1. The topological polar surface area (TPSA) is 96.0 Å². The fourth-order valence-corrected chi connectivity index (χ4v) is 7.37. The van der Waals surface area contributed by atoms with E-state index >= 15 is 0 Å². The predicted octanol–water partition coefficient (Wildman–Crippen LogP) is 5.90. The minimum atomic E-state index is -4.22. The van der Waals surface area contributed by atoms with Crippen molar-refractivity contribution < 1.29 is 22.7 Å². The fourth-order valence-electron chi connectivity index (χ4n) is 5.93. The molecule has 9 heteroatoms. The van der Waals surface area contributed by atoms with Gasteiger partial charge in [0.15, 0.2) is 0 Å². The SMILES string of the molecule is COc1ccc(C)cc1N(CC(=O)N(Cc1ccccc1)[C@H](Cc1ccccc1)C(=O)NC1CCCC1)S(=O)(=O)c1ccccc1. The van der Waals surface area contributed by atoms with Gasteiger partial charge in [0.05, 0.1) is 17.7 Å². The van der Waals surface area contributed by atoms with Crippen LogP contribution in [0.3, 0.4) is 0 Å². The second-order valence-electron chi connectivity index (χ2n) is 11.7. The summed E-state index contributed by atoms with van der Waals surface area (Å²) in [6, 6.07) is 31.5. The number of methoxy groups -OCH3 is 1. The molecule has 0 spiro atoms. The van der Waals surface area contributed by atoms with E-state index in [-0.39, 0.29) is 35.5 Å². The van der Waals surface area contributed by atoms with E-state index in [0.717, 1.165) is 46.7 Å². The van der Waals surface area contributed by atoms with Gasteiger partial charge >= 0.3 is 0 Å². The first-order valence-electron chi connectivity index (χ1n) is 15.7. The van der Waals surface area contributed by atoms with Gasteiger partial charge in [0, 0.05) is 19.0 Å². The highest BCUT2D eigenvalue weighted by Gasteiger charge is 2.36. The Morgan fingerprint density at radius 1 is 0.848 bits per heavy atom. The third-order valence-corrected chi connectivity index (χ3v) is 10.2. The molecule has 0 bridgehead atoms. The molecule has 1 saturated carbocycles. The second kappa shape index (κ2) is 15.1. The Bertz CT molecular complexity index is 1710. The molecule has 8 nitrogen and oxygen atoms in total. The highest BCUT2D eigenvalue weighted by molar-refractivity contribution is 7.92. The van der Waals surface area contributed by atoms with Gasteiger partial charge in [-0.3, -0.25) is 13.9 Å². The standard InChI is InChI=1S/C37H41N3O5S/c1-28-22-23-35(45-2)33(24-28)40(46(43,44)32-20-10-5-11-21-32)27-36(41)39(26-30-16-8-4-9-17-30)34(25-29-14-6-3-7-15-29)37(42)38-31-18-12-13-19-31/h3-11,14-17,20-24,31,34H,12-13,18-19,25-27H2,1-2H3,(H,38,42)/t34-/m1/s1. The number of nitrogens with zero attached hydrogens (tertiary/aromatic N) is 2. The Morgan fingerprint density at radius 3 is 2.04 bits per heavy atom. The molecule has 0 unspecified atom stereocenters.